The van der Waals surface area contributed by atoms with Gasteiger partial charge in [-0.3, -0.25) is 9.59 Å². The molecule has 2 aliphatic carbocycles. The first kappa shape index (κ1) is 24.1. The molecular weight excluding hydrogens is 484 g/mol. The zero-order chi connectivity index (χ0) is 24.1. The van der Waals surface area contributed by atoms with Crippen LogP contribution in [-0.4, -0.2) is 25.3 Å². The molecule has 0 aromatic heterocycles. The van der Waals surface area contributed by atoms with Crippen LogP contribution in [0.2, 0.25) is 0 Å². The number of ether oxygens (including phenoxy) is 3. The highest BCUT2D eigenvalue weighted by Gasteiger charge is 2.48. The van der Waals surface area contributed by atoms with Gasteiger partial charge in [-0.25, -0.2) is 0 Å². The molecule has 1 aromatic rings. The molecule has 0 N–H and O–H groups in total. The van der Waals surface area contributed by atoms with Crippen LogP contribution in [0.25, 0.3) is 0 Å². The van der Waals surface area contributed by atoms with Crippen LogP contribution in [0.1, 0.15) is 78.2 Å². The summed E-state index contributed by atoms with van der Waals surface area (Å²) in [5.74, 6) is 2.29. The average molecular weight is 517 g/mol. The lowest BCUT2D eigenvalue weighted by atomic mass is 9.65. The molecule has 3 aliphatic rings. The first-order valence-electron chi connectivity index (χ1n) is 11.7. The number of rotatable bonds is 5. The van der Waals surface area contributed by atoms with E-state index >= 15 is 0 Å². The highest BCUT2D eigenvalue weighted by Crippen LogP contribution is 2.54. The largest absolute Gasteiger partial charge is 0.493 e. The number of hydrogen-bond acceptors (Lipinski definition) is 5. The van der Waals surface area contributed by atoms with Gasteiger partial charge in [0.15, 0.2) is 23.1 Å². The number of halogens is 1. The van der Waals surface area contributed by atoms with Gasteiger partial charge in [-0.15, -0.1) is 0 Å². The van der Waals surface area contributed by atoms with Gasteiger partial charge in [0.25, 0.3) is 0 Å². The Morgan fingerprint density at radius 2 is 1.52 bits per heavy atom. The molecule has 0 saturated heterocycles. The first-order chi connectivity index (χ1) is 15.5. The molecule has 33 heavy (non-hydrogen) atoms. The lowest BCUT2D eigenvalue weighted by molar-refractivity contribution is -0.120. The first-order valence-corrected chi connectivity index (χ1v) is 12.5. The van der Waals surface area contributed by atoms with Crippen LogP contribution in [0.5, 0.6) is 11.5 Å². The molecule has 6 heteroatoms. The monoisotopic (exact) mass is 516 g/mol. The van der Waals surface area contributed by atoms with Gasteiger partial charge in [0, 0.05) is 42.7 Å². The van der Waals surface area contributed by atoms with E-state index in [0.29, 0.717) is 66.5 Å². The summed E-state index contributed by atoms with van der Waals surface area (Å²) in [6, 6.07) is 3.86. The third-order valence-electron chi connectivity index (χ3n) is 6.62. The van der Waals surface area contributed by atoms with Crippen molar-refractivity contribution < 1.29 is 23.8 Å². The van der Waals surface area contributed by atoms with E-state index in [9.17, 15) is 9.59 Å². The predicted octanol–water partition coefficient (Wildman–Crippen LogP) is 6.65. The number of carbonyl (C=O) groups is 2. The summed E-state index contributed by atoms with van der Waals surface area (Å²) in [6.07, 6.45) is 3.09. The number of carbonyl (C=O) groups excluding carboxylic acids is 2. The Morgan fingerprint density at radius 1 is 0.970 bits per heavy atom. The summed E-state index contributed by atoms with van der Waals surface area (Å²) in [4.78, 5) is 26.9. The quantitative estimate of drug-likeness (QED) is 0.438. The molecule has 178 valence electrons. The fourth-order valence-electron chi connectivity index (χ4n) is 5.26. The van der Waals surface area contributed by atoms with E-state index in [1.807, 2.05) is 19.1 Å². The van der Waals surface area contributed by atoms with Crippen LogP contribution in [0, 0.1) is 10.8 Å². The summed E-state index contributed by atoms with van der Waals surface area (Å²) in [5.41, 5.74) is 1.73. The molecule has 0 radical (unpaired) electrons. The molecule has 0 bridgehead atoms. The van der Waals surface area contributed by atoms with Gasteiger partial charge in [0.05, 0.1) is 18.2 Å². The van der Waals surface area contributed by atoms with E-state index in [1.54, 1.807) is 7.11 Å². The number of allylic oxidation sites excluding steroid dienone is 4. The molecule has 1 aliphatic heterocycles. The normalized spacial score (nSPS) is 22.0. The van der Waals surface area contributed by atoms with Crippen molar-refractivity contribution in [2.75, 3.05) is 13.7 Å². The molecule has 0 amide bonds. The van der Waals surface area contributed by atoms with Crippen molar-refractivity contribution in [3.05, 3.63) is 44.8 Å². The Hall–Kier alpha value is -2.08. The van der Waals surface area contributed by atoms with Gasteiger partial charge in [0.2, 0.25) is 0 Å². The molecule has 5 nitrogen and oxygen atoms in total. The number of hydrogen-bond donors (Lipinski definition) is 0. The van der Waals surface area contributed by atoms with Crippen molar-refractivity contribution in [1.82, 2.24) is 0 Å². The van der Waals surface area contributed by atoms with Crippen LogP contribution in [0.3, 0.4) is 0 Å². The van der Waals surface area contributed by atoms with Crippen LogP contribution in [-0.2, 0) is 14.3 Å². The Kier molecular flexibility index (Phi) is 6.27. The van der Waals surface area contributed by atoms with Gasteiger partial charge < -0.3 is 14.2 Å². The third kappa shape index (κ3) is 4.51. The number of Topliss-reactive ketones (excluding diaryl/α,β-unsaturated/α-hetero) is 2. The fraction of sp³-hybridized carbons (Fsp3) is 0.556. The maximum atomic E-state index is 13.4. The second-order valence-electron chi connectivity index (χ2n) is 11.0. The molecular formula is C27H33BrO5. The zero-order valence-electron chi connectivity index (χ0n) is 20.4. The highest BCUT2D eigenvalue weighted by molar-refractivity contribution is 9.10. The topological polar surface area (TPSA) is 61.8 Å². The van der Waals surface area contributed by atoms with E-state index < -0.39 is 5.92 Å². The van der Waals surface area contributed by atoms with E-state index in [2.05, 4.69) is 43.6 Å². The van der Waals surface area contributed by atoms with Gasteiger partial charge in [-0.05, 0) is 50.9 Å². The molecule has 0 saturated carbocycles. The summed E-state index contributed by atoms with van der Waals surface area (Å²) in [7, 11) is 1.60. The van der Waals surface area contributed by atoms with Crippen LogP contribution in [0.4, 0.5) is 0 Å². The molecule has 1 heterocycles. The molecule has 1 aromatic carbocycles. The lowest BCUT2D eigenvalue weighted by Crippen LogP contribution is -2.37. The lowest BCUT2D eigenvalue weighted by Gasteiger charge is -2.42. The molecule has 0 fully saturated rings. The van der Waals surface area contributed by atoms with Crippen LogP contribution >= 0.6 is 15.9 Å². The van der Waals surface area contributed by atoms with Crippen LogP contribution < -0.4 is 9.47 Å². The SMILES string of the molecule is CCCOc1c(Br)cc(C2C3=C(CC(C)(C)CC3=O)OC3=C2C(=O)CC(C)(C)C3)cc1OC. The van der Waals surface area contributed by atoms with E-state index in [0.717, 1.165) is 16.5 Å². The maximum absolute atomic E-state index is 13.4. The van der Waals surface area contributed by atoms with Gasteiger partial charge in [0.1, 0.15) is 11.5 Å². The number of benzene rings is 1. The highest BCUT2D eigenvalue weighted by atomic mass is 79.9. The third-order valence-corrected chi connectivity index (χ3v) is 7.21. The molecule has 0 unspecified atom stereocenters. The van der Waals surface area contributed by atoms with Crippen LogP contribution in [0.15, 0.2) is 39.3 Å². The Bertz CT molecular complexity index is 1020. The summed E-state index contributed by atoms with van der Waals surface area (Å²) >= 11 is 3.64. The van der Waals surface area contributed by atoms with E-state index in [1.165, 1.54) is 0 Å². The minimum Gasteiger partial charge on any atom is -0.493 e. The van der Waals surface area contributed by atoms with Gasteiger partial charge in [-0.2, -0.15) is 0 Å². The van der Waals surface area contributed by atoms with Gasteiger partial charge >= 0.3 is 0 Å². The standard InChI is InChI=1S/C27H33BrO5/c1-7-8-32-25-16(28)9-15(10-19(25)31-6)22-23-17(29)11-26(2,3)13-20(23)33-21-14-27(4,5)12-18(30)24(21)22/h9-10,22H,7-8,11-14H2,1-6H3. The summed E-state index contributed by atoms with van der Waals surface area (Å²) in [5, 5.41) is 0. The second kappa shape index (κ2) is 8.61. The molecule has 4 rings (SSSR count). The Labute approximate surface area is 204 Å². The van der Waals surface area contributed by atoms with Crippen molar-refractivity contribution in [3.8, 4) is 11.5 Å². The number of methoxy groups -OCH3 is 1. The average Bonchev–Trinajstić information content (AvgIpc) is 2.68. The van der Waals surface area contributed by atoms with Gasteiger partial charge in [-0.1, -0.05) is 34.6 Å². The van der Waals surface area contributed by atoms with Crippen molar-refractivity contribution in [2.24, 2.45) is 10.8 Å². The van der Waals surface area contributed by atoms with E-state index in [4.69, 9.17) is 14.2 Å². The Morgan fingerprint density at radius 3 is 2.00 bits per heavy atom. The minimum atomic E-state index is -0.457. The predicted molar refractivity (Wildman–Crippen MR) is 130 cm³/mol. The fourth-order valence-corrected chi connectivity index (χ4v) is 5.83. The zero-order valence-corrected chi connectivity index (χ0v) is 22.0. The summed E-state index contributed by atoms with van der Waals surface area (Å²) < 4.78 is 18.7. The van der Waals surface area contributed by atoms with Crippen molar-refractivity contribution in [2.45, 2.75) is 72.6 Å². The van der Waals surface area contributed by atoms with Crippen molar-refractivity contribution in [1.29, 1.82) is 0 Å². The smallest absolute Gasteiger partial charge is 0.175 e. The maximum Gasteiger partial charge on any atom is 0.175 e. The van der Waals surface area contributed by atoms with Crippen molar-refractivity contribution in [3.63, 3.8) is 0 Å². The van der Waals surface area contributed by atoms with Crippen molar-refractivity contribution >= 4 is 27.5 Å². The molecule has 0 atom stereocenters. The molecule has 0 spiro atoms. The minimum absolute atomic E-state index is 0.0526. The summed E-state index contributed by atoms with van der Waals surface area (Å²) in [6.45, 7) is 11.0. The number of ketones is 2. The Balaban J connectivity index is 1.91. The van der Waals surface area contributed by atoms with E-state index in [-0.39, 0.29) is 22.4 Å². The second-order valence-corrected chi connectivity index (χ2v) is 11.8.